The molecule has 0 bridgehead atoms. The van der Waals surface area contributed by atoms with Crippen molar-refractivity contribution in [3.05, 3.63) is 64.1 Å². The van der Waals surface area contributed by atoms with E-state index in [0.29, 0.717) is 5.56 Å². The maximum atomic E-state index is 13.0. The molecule has 0 aliphatic heterocycles. The van der Waals surface area contributed by atoms with Crippen molar-refractivity contribution in [1.82, 2.24) is 10.6 Å². The van der Waals surface area contributed by atoms with Crippen molar-refractivity contribution in [3.8, 4) is 0 Å². The highest BCUT2D eigenvalue weighted by Gasteiger charge is 2.10. The number of nitrogens with one attached hydrogen (secondary N) is 3. The number of rotatable bonds is 6. The van der Waals surface area contributed by atoms with Crippen molar-refractivity contribution in [2.75, 3.05) is 18.4 Å². The van der Waals surface area contributed by atoms with E-state index in [-0.39, 0.29) is 18.8 Å². The van der Waals surface area contributed by atoms with Crippen LogP contribution < -0.4 is 16.0 Å². The van der Waals surface area contributed by atoms with E-state index < -0.39 is 29.4 Å². The topological polar surface area (TPSA) is 87.3 Å². The standard InChI is InChI=1S/C17H14BrF2N3O3/c18-11-3-1-2-10(6-11)17(26)22-8-15(24)21-9-16(25)23-12-4-5-13(19)14(20)7-12/h1-7H,8-9H2,(H,21,24)(H,22,26)(H,23,25). The Morgan fingerprint density at radius 3 is 2.31 bits per heavy atom. The van der Waals surface area contributed by atoms with E-state index in [4.69, 9.17) is 0 Å². The molecule has 0 aliphatic rings. The van der Waals surface area contributed by atoms with E-state index in [1.54, 1.807) is 24.3 Å². The zero-order valence-electron chi connectivity index (χ0n) is 13.3. The highest BCUT2D eigenvalue weighted by atomic mass is 79.9. The Morgan fingerprint density at radius 1 is 0.885 bits per heavy atom. The monoisotopic (exact) mass is 425 g/mol. The molecule has 0 unspecified atom stereocenters. The van der Waals surface area contributed by atoms with E-state index in [1.807, 2.05) is 0 Å². The quantitative estimate of drug-likeness (QED) is 0.662. The molecule has 3 amide bonds. The Morgan fingerprint density at radius 2 is 1.62 bits per heavy atom. The molecule has 2 rings (SSSR count). The molecule has 0 spiro atoms. The summed E-state index contributed by atoms with van der Waals surface area (Å²) in [5.74, 6) is -3.76. The minimum Gasteiger partial charge on any atom is -0.345 e. The third-order valence-electron chi connectivity index (χ3n) is 3.15. The third kappa shape index (κ3) is 5.92. The average Bonchev–Trinajstić information content (AvgIpc) is 2.61. The summed E-state index contributed by atoms with van der Waals surface area (Å²) in [4.78, 5) is 35.2. The number of carbonyl (C=O) groups is 3. The smallest absolute Gasteiger partial charge is 0.251 e. The first-order valence-corrected chi connectivity index (χ1v) is 8.20. The molecule has 0 saturated heterocycles. The van der Waals surface area contributed by atoms with Crippen LogP contribution in [0.3, 0.4) is 0 Å². The summed E-state index contributed by atoms with van der Waals surface area (Å²) in [7, 11) is 0. The molecule has 0 aliphatic carbocycles. The predicted molar refractivity (Wildman–Crippen MR) is 94.5 cm³/mol. The molecule has 0 radical (unpaired) electrons. The molecular weight excluding hydrogens is 412 g/mol. The van der Waals surface area contributed by atoms with Gasteiger partial charge in [0.05, 0.1) is 13.1 Å². The van der Waals surface area contributed by atoms with Gasteiger partial charge in [0.2, 0.25) is 11.8 Å². The lowest BCUT2D eigenvalue weighted by molar-refractivity contribution is -0.123. The summed E-state index contributed by atoms with van der Waals surface area (Å²) in [6, 6.07) is 9.52. The fourth-order valence-electron chi connectivity index (χ4n) is 1.91. The van der Waals surface area contributed by atoms with Crippen molar-refractivity contribution in [2.45, 2.75) is 0 Å². The largest absolute Gasteiger partial charge is 0.345 e. The van der Waals surface area contributed by atoms with Crippen LogP contribution in [0.4, 0.5) is 14.5 Å². The Bertz CT molecular complexity index is 846. The van der Waals surface area contributed by atoms with Crippen molar-refractivity contribution in [2.24, 2.45) is 0 Å². The molecule has 0 atom stereocenters. The van der Waals surface area contributed by atoms with Gasteiger partial charge in [-0.05, 0) is 30.3 Å². The SMILES string of the molecule is O=C(CNC(=O)c1cccc(Br)c1)NCC(=O)Nc1ccc(F)c(F)c1. The molecule has 3 N–H and O–H groups in total. The van der Waals surface area contributed by atoms with Gasteiger partial charge in [-0.1, -0.05) is 22.0 Å². The van der Waals surface area contributed by atoms with Crippen LogP contribution in [0.25, 0.3) is 0 Å². The summed E-state index contributed by atoms with van der Waals surface area (Å²) in [6.07, 6.45) is 0. The number of hydrogen-bond acceptors (Lipinski definition) is 3. The average molecular weight is 426 g/mol. The summed E-state index contributed by atoms with van der Waals surface area (Å²) in [5, 5.41) is 7.03. The number of halogens is 3. The molecule has 9 heteroatoms. The van der Waals surface area contributed by atoms with E-state index in [1.165, 1.54) is 6.07 Å². The van der Waals surface area contributed by atoms with Gasteiger partial charge in [0.15, 0.2) is 11.6 Å². The lowest BCUT2D eigenvalue weighted by Crippen LogP contribution is -2.40. The van der Waals surface area contributed by atoms with E-state index >= 15 is 0 Å². The van der Waals surface area contributed by atoms with Gasteiger partial charge in [0.25, 0.3) is 5.91 Å². The summed E-state index contributed by atoms with van der Waals surface area (Å²) < 4.78 is 26.6. The lowest BCUT2D eigenvalue weighted by atomic mass is 10.2. The van der Waals surface area contributed by atoms with Crippen molar-refractivity contribution in [1.29, 1.82) is 0 Å². The minimum atomic E-state index is -1.10. The molecule has 2 aromatic rings. The van der Waals surface area contributed by atoms with Crippen LogP contribution in [0.2, 0.25) is 0 Å². The summed E-state index contributed by atoms with van der Waals surface area (Å²) >= 11 is 3.24. The number of hydrogen-bond donors (Lipinski definition) is 3. The van der Waals surface area contributed by atoms with Crippen molar-refractivity contribution in [3.63, 3.8) is 0 Å². The molecule has 6 nitrogen and oxygen atoms in total. The van der Waals surface area contributed by atoms with E-state index in [9.17, 15) is 23.2 Å². The number of anilines is 1. The second-order valence-corrected chi connectivity index (χ2v) is 6.06. The third-order valence-corrected chi connectivity index (χ3v) is 3.64. The minimum absolute atomic E-state index is 0.0612. The molecule has 0 fully saturated rings. The second kappa shape index (κ2) is 9.04. The predicted octanol–water partition coefficient (Wildman–Crippen LogP) is 2.21. The van der Waals surface area contributed by atoms with E-state index in [2.05, 4.69) is 31.9 Å². The highest BCUT2D eigenvalue weighted by Crippen LogP contribution is 2.13. The molecular formula is C17H14BrF2N3O3. The highest BCUT2D eigenvalue weighted by molar-refractivity contribution is 9.10. The van der Waals surface area contributed by atoms with Gasteiger partial charge in [-0.2, -0.15) is 0 Å². The summed E-state index contributed by atoms with van der Waals surface area (Å²) in [6.45, 7) is -0.700. The zero-order chi connectivity index (χ0) is 19.1. The van der Waals surface area contributed by atoms with Crippen LogP contribution in [0, 0.1) is 11.6 Å². The Labute approximate surface area is 156 Å². The van der Waals surface area contributed by atoms with Crippen LogP contribution in [-0.4, -0.2) is 30.8 Å². The first kappa shape index (κ1) is 19.5. The van der Waals surface area contributed by atoms with Crippen molar-refractivity contribution < 1.29 is 23.2 Å². The Kier molecular flexibility index (Phi) is 6.79. The van der Waals surface area contributed by atoms with Crippen LogP contribution in [-0.2, 0) is 9.59 Å². The Hall–Kier alpha value is -2.81. The Balaban J connectivity index is 1.74. The van der Waals surface area contributed by atoms with Gasteiger partial charge < -0.3 is 16.0 Å². The molecule has 0 aromatic heterocycles. The van der Waals surface area contributed by atoms with Gasteiger partial charge in [-0.25, -0.2) is 8.78 Å². The van der Waals surface area contributed by atoms with Crippen molar-refractivity contribution >= 4 is 39.3 Å². The van der Waals surface area contributed by atoms with Crippen LogP contribution in [0.1, 0.15) is 10.4 Å². The van der Waals surface area contributed by atoms with Gasteiger partial charge in [0, 0.05) is 21.8 Å². The van der Waals surface area contributed by atoms with E-state index in [0.717, 1.165) is 16.6 Å². The number of amides is 3. The normalized spacial score (nSPS) is 10.1. The van der Waals surface area contributed by atoms with Crippen LogP contribution >= 0.6 is 15.9 Å². The zero-order valence-corrected chi connectivity index (χ0v) is 14.9. The molecule has 26 heavy (non-hydrogen) atoms. The second-order valence-electron chi connectivity index (χ2n) is 5.15. The van der Waals surface area contributed by atoms with Gasteiger partial charge in [-0.3, -0.25) is 14.4 Å². The maximum absolute atomic E-state index is 13.0. The van der Waals surface area contributed by atoms with Gasteiger partial charge in [0.1, 0.15) is 0 Å². The molecule has 2 aromatic carbocycles. The van der Waals surface area contributed by atoms with Gasteiger partial charge in [-0.15, -0.1) is 0 Å². The first-order valence-electron chi connectivity index (χ1n) is 7.40. The van der Waals surface area contributed by atoms with Crippen LogP contribution in [0.15, 0.2) is 46.9 Å². The lowest BCUT2D eigenvalue weighted by Gasteiger charge is -2.08. The maximum Gasteiger partial charge on any atom is 0.251 e. The fraction of sp³-hybridized carbons (Fsp3) is 0.118. The molecule has 136 valence electrons. The summed E-state index contributed by atoms with van der Waals surface area (Å²) in [5.41, 5.74) is 0.439. The molecule has 0 saturated carbocycles. The number of benzene rings is 2. The number of carbonyl (C=O) groups excluding carboxylic acids is 3. The van der Waals surface area contributed by atoms with Gasteiger partial charge >= 0.3 is 0 Å². The first-order chi connectivity index (χ1) is 12.3. The molecule has 0 heterocycles. The fourth-order valence-corrected chi connectivity index (χ4v) is 2.31. The van der Waals surface area contributed by atoms with Crippen LogP contribution in [0.5, 0.6) is 0 Å².